The lowest BCUT2D eigenvalue weighted by Gasteiger charge is -2.21. The van der Waals surface area contributed by atoms with Gasteiger partial charge in [0.05, 0.1) is 13.0 Å². The van der Waals surface area contributed by atoms with E-state index in [2.05, 4.69) is 0 Å². The monoisotopic (exact) mass is 249 g/mol. The van der Waals surface area contributed by atoms with E-state index in [0.717, 1.165) is 12.1 Å². The van der Waals surface area contributed by atoms with E-state index in [9.17, 15) is 9.90 Å². The van der Waals surface area contributed by atoms with Crippen LogP contribution in [-0.2, 0) is 11.2 Å². The molecular formula is C14H19NO3. The number of aliphatic hydroxyl groups is 1. The number of amides is 1. The average molecular weight is 249 g/mol. The van der Waals surface area contributed by atoms with E-state index < -0.39 is 0 Å². The third-order valence-electron chi connectivity index (χ3n) is 3.19. The number of benzene rings is 1. The fourth-order valence-electron chi connectivity index (χ4n) is 1.95. The molecule has 0 unspecified atom stereocenters. The van der Waals surface area contributed by atoms with Gasteiger partial charge in [0.25, 0.3) is 0 Å². The van der Waals surface area contributed by atoms with Crippen molar-refractivity contribution in [2.24, 2.45) is 5.92 Å². The Balaban J connectivity index is 1.92. The smallest absolute Gasteiger partial charge is 0.227 e. The van der Waals surface area contributed by atoms with Crippen LogP contribution >= 0.6 is 0 Å². The zero-order valence-corrected chi connectivity index (χ0v) is 10.4. The molecule has 0 aromatic heterocycles. The summed E-state index contributed by atoms with van der Waals surface area (Å²) in [5, 5.41) is 18.2. The molecule has 18 heavy (non-hydrogen) atoms. The van der Waals surface area contributed by atoms with Crippen molar-refractivity contribution in [3.8, 4) is 5.75 Å². The lowest BCUT2D eigenvalue weighted by atomic mass is 10.1. The summed E-state index contributed by atoms with van der Waals surface area (Å²) in [6, 6.07) is 6.67. The van der Waals surface area contributed by atoms with Gasteiger partial charge in [0.1, 0.15) is 5.75 Å². The second-order valence-corrected chi connectivity index (χ2v) is 4.85. The molecule has 1 aromatic carbocycles. The molecular weight excluding hydrogens is 230 g/mol. The van der Waals surface area contributed by atoms with Crippen molar-refractivity contribution in [3.05, 3.63) is 29.8 Å². The van der Waals surface area contributed by atoms with Crippen molar-refractivity contribution in [3.63, 3.8) is 0 Å². The van der Waals surface area contributed by atoms with Crippen molar-refractivity contribution in [2.45, 2.75) is 19.3 Å². The summed E-state index contributed by atoms with van der Waals surface area (Å²) in [6.45, 7) is 1.18. The maximum Gasteiger partial charge on any atom is 0.227 e. The molecule has 1 fully saturated rings. The van der Waals surface area contributed by atoms with Crippen LogP contribution in [-0.4, -0.2) is 40.7 Å². The van der Waals surface area contributed by atoms with Gasteiger partial charge in [0.15, 0.2) is 0 Å². The van der Waals surface area contributed by atoms with Crippen LogP contribution < -0.4 is 0 Å². The fraction of sp³-hybridized carbons (Fsp3) is 0.500. The van der Waals surface area contributed by atoms with E-state index in [1.807, 2.05) is 0 Å². The van der Waals surface area contributed by atoms with Crippen molar-refractivity contribution in [1.29, 1.82) is 0 Å². The lowest BCUT2D eigenvalue weighted by molar-refractivity contribution is -0.131. The number of rotatable bonds is 6. The highest BCUT2D eigenvalue weighted by Crippen LogP contribution is 2.29. The molecule has 2 N–H and O–H groups in total. The maximum atomic E-state index is 12.1. The van der Waals surface area contributed by atoms with Crippen molar-refractivity contribution < 1.29 is 15.0 Å². The summed E-state index contributed by atoms with van der Waals surface area (Å²) >= 11 is 0. The SMILES string of the molecule is O=C(Cc1ccc(O)cc1)N(CCO)CC1CC1. The Kier molecular flexibility index (Phi) is 4.20. The van der Waals surface area contributed by atoms with Gasteiger partial charge in [0, 0.05) is 13.1 Å². The Hall–Kier alpha value is -1.55. The van der Waals surface area contributed by atoms with Crippen LogP contribution in [0, 0.1) is 5.92 Å². The van der Waals surface area contributed by atoms with Crippen LogP contribution in [0.25, 0.3) is 0 Å². The van der Waals surface area contributed by atoms with E-state index in [1.54, 1.807) is 29.2 Å². The summed E-state index contributed by atoms with van der Waals surface area (Å²) in [6.07, 6.45) is 2.70. The zero-order chi connectivity index (χ0) is 13.0. The summed E-state index contributed by atoms with van der Waals surface area (Å²) in [4.78, 5) is 13.8. The lowest BCUT2D eigenvalue weighted by Crippen LogP contribution is -2.36. The predicted molar refractivity (Wildman–Crippen MR) is 68.2 cm³/mol. The van der Waals surface area contributed by atoms with E-state index in [4.69, 9.17) is 5.11 Å². The predicted octanol–water partition coefficient (Wildman–Crippen LogP) is 1.17. The number of phenolic OH excluding ortho intramolecular Hbond substituents is 1. The Labute approximate surface area is 107 Å². The van der Waals surface area contributed by atoms with E-state index in [-0.39, 0.29) is 18.3 Å². The van der Waals surface area contributed by atoms with E-state index >= 15 is 0 Å². The minimum Gasteiger partial charge on any atom is -0.508 e. The molecule has 1 aliphatic rings. The van der Waals surface area contributed by atoms with Crippen molar-refractivity contribution >= 4 is 5.91 Å². The third kappa shape index (κ3) is 3.74. The topological polar surface area (TPSA) is 60.8 Å². The largest absolute Gasteiger partial charge is 0.508 e. The van der Waals surface area contributed by atoms with E-state index in [1.165, 1.54) is 12.8 Å². The van der Waals surface area contributed by atoms with Crippen molar-refractivity contribution in [1.82, 2.24) is 4.90 Å². The Morgan fingerprint density at radius 3 is 2.50 bits per heavy atom. The summed E-state index contributed by atoms with van der Waals surface area (Å²) in [5.74, 6) is 0.873. The van der Waals surface area contributed by atoms with Gasteiger partial charge in [-0.1, -0.05) is 12.1 Å². The fourth-order valence-corrected chi connectivity index (χ4v) is 1.95. The van der Waals surface area contributed by atoms with Gasteiger partial charge in [-0.25, -0.2) is 0 Å². The van der Waals surface area contributed by atoms with Crippen LogP contribution in [0.2, 0.25) is 0 Å². The van der Waals surface area contributed by atoms with Crippen LogP contribution in [0.3, 0.4) is 0 Å². The molecule has 1 saturated carbocycles. The molecule has 0 aliphatic heterocycles. The van der Waals surface area contributed by atoms with Crippen LogP contribution in [0.1, 0.15) is 18.4 Å². The first-order chi connectivity index (χ1) is 8.69. The van der Waals surface area contributed by atoms with Gasteiger partial charge in [-0.3, -0.25) is 4.79 Å². The zero-order valence-electron chi connectivity index (χ0n) is 10.4. The summed E-state index contributed by atoms with van der Waals surface area (Å²) < 4.78 is 0. The quantitative estimate of drug-likeness (QED) is 0.795. The summed E-state index contributed by atoms with van der Waals surface area (Å²) in [5.41, 5.74) is 0.886. The van der Waals surface area contributed by atoms with E-state index in [0.29, 0.717) is 18.9 Å². The molecule has 0 saturated heterocycles. The molecule has 0 spiro atoms. The number of carbonyl (C=O) groups excluding carboxylic acids is 1. The van der Waals surface area contributed by atoms with Gasteiger partial charge in [0.2, 0.25) is 5.91 Å². The standard InChI is InChI=1S/C14H19NO3/c16-8-7-15(10-12-1-2-12)14(18)9-11-3-5-13(17)6-4-11/h3-6,12,16-17H,1-2,7-10H2. The van der Waals surface area contributed by atoms with Gasteiger partial charge in [-0.15, -0.1) is 0 Å². The minimum absolute atomic E-state index is 0.00797. The molecule has 2 rings (SSSR count). The number of carbonyl (C=O) groups is 1. The minimum atomic E-state index is 0.00797. The molecule has 4 heteroatoms. The van der Waals surface area contributed by atoms with Gasteiger partial charge in [-0.2, -0.15) is 0 Å². The molecule has 1 aromatic rings. The molecule has 1 amide bonds. The first kappa shape index (κ1) is 12.9. The summed E-state index contributed by atoms with van der Waals surface area (Å²) in [7, 11) is 0. The van der Waals surface area contributed by atoms with Gasteiger partial charge in [-0.05, 0) is 36.5 Å². The molecule has 4 nitrogen and oxygen atoms in total. The molecule has 1 aliphatic carbocycles. The first-order valence-corrected chi connectivity index (χ1v) is 6.35. The van der Waals surface area contributed by atoms with Gasteiger partial charge >= 0.3 is 0 Å². The average Bonchev–Trinajstić information content (AvgIpc) is 3.15. The van der Waals surface area contributed by atoms with Crippen LogP contribution in [0.5, 0.6) is 5.75 Å². The number of hydrogen-bond acceptors (Lipinski definition) is 3. The first-order valence-electron chi connectivity index (χ1n) is 6.35. The Morgan fingerprint density at radius 1 is 1.28 bits per heavy atom. The molecule has 0 heterocycles. The second kappa shape index (κ2) is 5.87. The molecule has 0 atom stereocenters. The van der Waals surface area contributed by atoms with Crippen molar-refractivity contribution in [2.75, 3.05) is 19.7 Å². The Morgan fingerprint density at radius 2 is 1.94 bits per heavy atom. The highest BCUT2D eigenvalue weighted by molar-refractivity contribution is 5.78. The van der Waals surface area contributed by atoms with Crippen LogP contribution in [0.4, 0.5) is 0 Å². The highest BCUT2D eigenvalue weighted by atomic mass is 16.3. The molecule has 0 radical (unpaired) electrons. The number of phenols is 1. The molecule has 0 bridgehead atoms. The highest BCUT2D eigenvalue weighted by Gasteiger charge is 2.26. The maximum absolute atomic E-state index is 12.1. The Bertz CT molecular complexity index is 398. The number of aromatic hydroxyl groups is 1. The number of nitrogens with zero attached hydrogens (tertiary/aromatic N) is 1. The second-order valence-electron chi connectivity index (χ2n) is 4.85. The third-order valence-corrected chi connectivity index (χ3v) is 3.19. The molecule has 98 valence electrons. The van der Waals surface area contributed by atoms with Crippen LogP contribution in [0.15, 0.2) is 24.3 Å². The number of hydrogen-bond donors (Lipinski definition) is 2. The van der Waals surface area contributed by atoms with Gasteiger partial charge < -0.3 is 15.1 Å². The normalized spacial score (nSPS) is 14.5. The number of aliphatic hydroxyl groups excluding tert-OH is 1.